The summed E-state index contributed by atoms with van der Waals surface area (Å²) >= 11 is 0. The van der Waals surface area contributed by atoms with Gasteiger partial charge in [0.15, 0.2) is 0 Å². The third-order valence-corrected chi connectivity index (χ3v) is 3.76. The van der Waals surface area contributed by atoms with Crippen molar-refractivity contribution in [3.63, 3.8) is 0 Å². The minimum atomic E-state index is 0.0921. The molecule has 0 unspecified atom stereocenters. The predicted molar refractivity (Wildman–Crippen MR) is 60.0 cm³/mol. The van der Waals surface area contributed by atoms with Crippen molar-refractivity contribution in [2.24, 2.45) is 0 Å². The van der Waals surface area contributed by atoms with Crippen molar-refractivity contribution in [1.82, 2.24) is 4.90 Å². The number of fused-ring (bicyclic) bond motifs is 3. The number of amides is 1. The molecule has 1 aromatic carbocycles. The molecule has 0 bridgehead atoms. The van der Waals surface area contributed by atoms with Crippen LogP contribution in [-0.2, 0) is 4.79 Å². The average Bonchev–Trinajstić information content (AvgIpc) is 2.70. The summed E-state index contributed by atoms with van der Waals surface area (Å²) in [7, 11) is 0. The van der Waals surface area contributed by atoms with Crippen molar-refractivity contribution in [2.75, 3.05) is 13.2 Å². The average molecular weight is 217 g/mol. The highest BCUT2D eigenvalue weighted by Crippen LogP contribution is 2.41. The maximum absolute atomic E-state index is 11.7. The van der Waals surface area contributed by atoms with Crippen LogP contribution in [0.15, 0.2) is 24.3 Å². The van der Waals surface area contributed by atoms with E-state index in [0.717, 1.165) is 6.42 Å². The molecule has 0 radical (unpaired) electrons. The van der Waals surface area contributed by atoms with Gasteiger partial charge in [0.05, 0.1) is 12.6 Å². The lowest BCUT2D eigenvalue weighted by Gasteiger charge is -2.36. The summed E-state index contributed by atoms with van der Waals surface area (Å²) in [5, 5.41) is 9.41. The third-order valence-electron chi connectivity index (χ3n) is 3.76. The number of carbonyl (C=O) groups is 1. The molecule has 2 aliphatic heterocycles. The van der Waals surface area contributed by atoms with Crippen molar-refractivity contribution in [1.29, 1.82) is 0 Å². The van der Waals surface area contributed by atoms with Gasteiger partial charge in [0.2, 0.25) is 5.91 Å². The van der Waals surface area contributed by atoms with E-state index < -0.39 is 0 Å². The lowest BCUT2D eigenvalue weighted by atomic mass is 9.86. The first-order valence-corrected chi connectivity index (χ1v) is 5.80. The van der Waals surface area contributed by atoms with Crippen LogP contribution in [0.1, 0.15) is 35.9 Å². The van der Waals surface area contributed by atoms with Gasteiger partial charge in [-0.15, -0.1) is 0 Å². The minimum Gasteiger partial charge on any atom is -0.396 e. The molecule has 1 saturated heterocycles. The van der Waals surface area contributed by atoms with Gasteiger partial charge in [-0.3, -0.25) is 4.79 Å². The molecule has 1 amide bonds. The molecule has 1 aromatic rings. The smallest absolute Gasteiger partial charge is 0.223 e. The van der Waals surface area contributed by atoms with E-state index in [1.54, 1.807) is 0 Å². The van der Waals surface area contributed by atoms with Crippen molar-refractivity contribution < 1.29 is 9.90 Å². The molecule has 2 atom stereocenters. The fourth-order valence-corrected chi connectivity index (χ4v) is 2.96. The largest absolute Gasteiger partial charge is 0.396 e. The van der Waals surface area contributed by atoms with Crippen molar-refractivity contribution in [3.8, 4) is 0 Å². The van der Waals surface area contributed by atoms with E-state index in [4.69, 9.17) is 0 Å². The van der Waals surface area contributed by atoms with Crippen molar-refractivity contribution in [3.05, 3.63) is 35.4 Å². The van der Waals surface area contributed by atoms with E-state index >= 15 is 0 Å². The summed E-state index contributed by atoms with van der Waals surface area (Å²) in [5.41, 5.74) is 2.46. The Morgan fingerprint density at radius 2 is 2.06 bits per heavy atom. The fourth-order valence-electron chi connectivity index (χ4n) is 2.96. The van der Waals surface area contributed by atoms with E-state index in [0.29, 0.717) is 13.0 Å². The highest BCUT2D eigenvalue weighted by atomic mass is 16.3. The van der Waals surface area contributed by atoms with Gasteiger partial charge < -0.3 is 10.0 Å². The Balaban J connectivity index is 2.08. The third kappa shape index (κ3) is 1.28. The summed E-state index contributed by atoms with van der Waals surface area (Å²) in [6.45, 7) is 0.796. The lowest BCUT2D eigenvalue weighted by molar-refractivity contribution is -0.129. The van der Waals surface area contributed by atoms with E-state index in [2.05, 4.69) is 12.1 Å². The first-order chi connectivity index (χ1) is 7.81. The van der Waals surface area contributed by atoms with Gasteiger partial charge in [0, 0.05) is 18.9 Å². The van der Waals surface area contributed by atoms with Crippen LogP contribution in [0.4, 0.5) is 0 Å². The second kappa shape index (κ2) is 3.59. The zero-order chi connectivity index (χ0) is 11.1. The molecule has 2 aliphatic rings. The second-order valence-corrected chi connectivity index (χ2v) is 4.61. The summed E-state index contributed by atoms with van der Waals surface area (Å²) < 4.78 is 0. The van der Waals surface area contributed by atoms with Crippen LogP contribution in [0, 0.1) is 0 Å². The summed E-state index contributed by atoms with van der Waals surface area (Å²) in [6, 6.07) is 8.45. The maximum Gasteiger partial charge on any atom is 0.223 e. The second-order valence-electron chi connectivity index (χ2n) is 4.61. The minimum absolute atomic E-state index is 0.0921. The Labute approximate surface area is 94.7 Å². The van der Waals surface area contributed by atoms with Crippen LogP contribution >= 0.6 is 0 Å². The van der Waals surface area contributed by atoms with Crippen LogP contribution in [0.25, 0.3) is 0 Å². The maximum atomic E-state index is 11.7. The van der Waals surface area contributed by atoms with Gasteiger partial charge in [-0.05, 0) is 17.5 Å². The topological polar surface area (TPSA) is 40.5 Å². The molecule has 1 N–H and O–H groups in total. The van der Waals surface area contributed by atoms with Crippen molar-refractivity contribution in [2.45, 2.75) is 24.8 Å². The van der Waals surface area contributed by atoms with Crippen LogP contribution < -0.4 is 0 Å². The van der Waals surface area contributed by atoms with Gasteiger partial charge in [-0.1, -0.05) is 24.3 Å². The Morgan fingerprint density at radius 1 is 1.31 bits per heavy atom. The number of aliphatic hydroxyl groups excluding tert-OH is 1. The Bertz CT molecular complexity index is 430. The summed E-state index contributed by atoms with van der Waals surface area (Å²) in [6.07, 6.45) is 1.57. The number of benzene rings is 1. The standard InChI is InChI=1S/C13H15NO2/c15-8-9-7-14-12(5-6-13(14)16)11-4-2-1-3-10(9)11/h1-4,9,12,15H,5-8H2/t9-,12-/m0/s1. The highest BCUT2D eigenvalue weighted by molar-refractivity contribution is 5.79. The lowest BCUT2D eigenvalue weighted by Crippen LogP contribution is -2.37. The van der Waals surface area contributed by atoms with Gasteiger partial charge in [-0.2, -0.15) is 0 Å². The first-order valence-electron chi connectivity index (χ1n) is 5.80. The molecule has 0 saturated carbocycles. The monoisotopic (exact) mass is 217 g/mol. The molecule has 3 heteroatoms. The molecule has 84 valence electrons. The quantitative estimate of drug-likeness (QED) is 0.773. The van der Waals surface area contributed by atoms with Crippen LogP contribution in [-0.4, -0.2) is 29.1 Å². The molecule has 0 aliphatic carbocycles. The van der Waals surface area contributed by atoms with Gasteiger partial charge in [0.25, 0.3) is 0 Å². The molecular formula is C13H15NO2. The van der Waals surface area contributed by atoms with Crippen molar-refractivity contribution >= 4 is 5.91 Å². The van der Waals surface area contributed by atoms with E-state index in [1.165, 1.54) is 11.1 Å². The highest BCUT2D eigenvalue weighted by Gasteiger charge is 2.39. The zero-order valence-corrected chi connectivity index (χ0v) is 9.10. The van der Waals surface area contributed by atoms with Gasteiger partial charge >= 0.3 is 0 Å². The number of hydrogen-bond acceptors (Lipinski definition) is 2. The SMILES string of the molecule is O=C1CC[C@H]2c3ccccc3[C@H](CO)CN12. The Hall–Kier alpha value is -1.35. The molecule has 1 fully saturated rings. The van der Waals surface area contributed by atoms with E-state index in [-0.39, 0.29) is 24.5 Å². The number of aliphatic hydroxyl groups is 1. The predicted octanol–water partition coefficient (Wildman–Crippen LogP) is 1.44. The molecule has 3 rings (SSSR count). The zero-order valence-electron chi connectivity index (χ0n) is 9.10. The Morgan fingerprint density at radius 3 is 2.81 bits per heavy atom. The number of carbonyl (C=O) groups excluding carboxylic acids is 1. The van der Waals surface area contributed by atoms with Crippen LogP contribution in [0.3, 0.4) is 0 Å². The van der Waals surface area contributed by atoms with E-state index in [1.807, 2.05) is 17.0 Å². The first kappa shape index (κ1) is 9.85. The Kier molecular flexibility index (Phi) is 2.21. The van der Waals surface area contributed by atoms with Crippen LogP contribution in [0.5, 0.6) is 0 Å². The summed E-state index contributed by atoms with van der Waals surface area (Å²) in [5.74, 6) is 0.326. The molecule has 0 aromatic heterocycles. The number of nitrogens with zero attached hydrogens (tertiary/aromatic N) is 1. The molecular weight excluding hydrogens is 202 g/mol. The van der Waals surface area contributed by atoms with Gasteiger partial charge in [0.1, 0.15) is 0 Å². The number of rotatable bonds is 1. The molecule has 0 spiro atoms. The van der Waals surface area contributed by atoms with Crippen LogP contribution in [0.2, 0.25) is 0 Å². The molecule has 2 heterocycles. The molecule has 3 nitrogen and oxygen atoms in total. The van der Waals surface area contributed by atoms with Gasteiger partial charge in [-0.25, -0.2) is 0 Å². The normalized spacial score (nSPS) is 27.8. The fraction of sp³-hybridized carbons (Fsp3) is 0.462. The number of hydrogen-bond donors (Lipinski definition) is 1. The molecule has 16 heavy (non-hydrogen) atoms. The summed E-state index contributed by atoms with van der Waals surface area (Å²) in [4.78, 5) is 13.7. The van der Waals surface area contributed by atoms with E-state index in [9.17, 15) is 9.90 Å².